The van der Waals surface area contributed by atoms with Gasteiger partial charge in [0.25, 0.3) is 0 Å². The van der Waals surface area contributed by atoms with Crippen LogP contribution in [-0.2, 0) is 30.3 Å². The van der Waals surface area contributed by atoms with Crippen molar-refractivity contribution in [2.45, 2.75) is 42.1 Å². The number of rotatable bonds is 5. The van der Waals surface area contributed by atoms with Crippen LogP contribution in [0.2, 0.25) is 0 Å². The second kappa shape index (κ2) is 8.16. The maximum Gasteiger partial charge on any atom is 0.417 e. The molecule has 0 unspecified atom stereocenters. The first kappa shape index (κ1) is 22.3. The van der Waals surface area contributed by atoms with Crippen molar-refractivity contribution in [3.63, 3.8) is 0 Å². The van der Waals surface area contributed by atoms with E-state index in [1.165, 1.54) is 17.9 Å². The highest BCUT2D eigenvalue weighted by atomic mass is 32.2. The lowest BCUT2D eigenvalue weighted by Gasteiger charge is -2.24. The van der Waals surface area contributed by atoms with Crippen molar-refractivity contribution in [1.29, 1.82) is 0 Å². The number of halogens is 3. The van der Waals surface area contributed by atoms with Gasteiger partial charge in [-0.1, -0.05) is 24.4 Å². The number of ketones is 1. The van der Waals surface area contributed by atoms with E-state index >= 15 is 0 Å². The standard InChI is InChI=1S/C17H18F3NO5S2/c1-10(22)7-15(27)21-9-11(8-13(21)16(23)26-2)28(24,25)14-6-4-3-5-12(14)17(18,19)20/h3-6,11,13H,7-9H2,1-2H3/t11-,13-/m1/s1. The number of ether oxygens (including phenoxy) is 1. The van der Waals surface area contributed by atoms with Crippen LogP contribution in [0.5, 0.6) is 0 Å². The summed E-state index contributed by atoms with van der Waals surface area (Å²) >= 11 is 5.13. The van der Waals surface area contributed by atoms with Crippen LogP contribution >= 0.6 is 12.2 Å². The molecule has 0 N–H and O–H groups in total. The number of methoxy groups -OCH3 is 1. The molecule has 2 rings (SSSR count). The summed E-state index contributed by atoms with van der Waals surface area (Å²) < 4.78 is 70.4. The summed E-state index contributed by atoms with van der Waals surface area (Å²) in [4.78, 5) is 23.9. The molecule has 2 atom stereocenters. The van der Waals surface area contributed by atoms with E-state index in [0.717, 1.165) is 19.2 Å². The van der Waals surface area contributed by atoms with Gasteiger partial charge in [0.05, 0.1) is 34.2 Å². The molecule has 11 heteroatoms. The van der Waals surface area contributed by atoms with Gasteiger partial charge in [-0.3, -0.25) is 4.79 Å². The number of likely N-dealkylation sites (tertiary alicyclic amines) is 1. The first-order valence-corrected chi connectivity index (χ1v) is 10.1. The topological polar surface area (TPSA) is 80.8 Å². The van der Waals surface area contributed by atoms with Crippen LogP contribution in [0.1, 0.15) is 25.3 Å². The number of esters is 1. The van der Waals surface area contributed by atoms with E-state index in [2.05, 4.69) is 4.74 Å². The lowest BCUT2D eigenvalue weighted by molar-refractivity contribution is -0.144. The fraction of sp³-hybridized carbons (Fsp3) is 0.471. The number of hydrogen-bond acceptors (Lipinski definition) is 6. The Morgan fingerprint density at radius 2 is 1.89 bits per heavy atom. The molecule has 1 aliphatic heterocycles. The Labute approximate surface area is 165 Å². The monoisotopic (exact) mass is 437 g/mol. The van der Waals surface area contributed by atoms with E-state index in [1.807, 2.05) is 0 Å². The molecule has 6 nitrogen and oxygen atoms in total. The van der Waals surface area contributed by atoms with E-state index in [0.29, 0.717) is 6.07 Å². The van der Waals surface area contributed by atoms with Crippen LogP contribution in [-0.4, -0.2) is 55.0 Å². The number of hydrogen-bond donors (Lipinski definition) is 0. The predicted octanol–water partition coefficient (Wildman–Crippen LogP) is 2.40. The third kappa shape index (κ3) is 4.52. The summed E-state index contributed by atoms with van der Waals surface area (Å²) in [5, 5.41) is -1.31. The highest BCUT2D eigenvalue weighted by molar-refractivity contribution is 7.92. The number of nitrogens with zero attached hydrogens (tertiary/aromatic N) is 1. The zero-order chi connectivity index (χ0) is 21.3. The summed E-state index contributed by atoms with van der Waals surface area (Å²) in [6.45, 7) is 0.976. The van der Waals surface area contributed by atoms with E-state index in [1.54, 1.807) is 0 Å². The molecular formula is C17H18F3NO5S2. The predicted molar refractivity (Wildman–Crippen MR) is 97.4 cm³/mol. The molecule has 1 aromatic rings. The van der Waals surface area contributed by atoms with E-state index in [9.17, 15) is 31.2 Å². The summed E-state index contributed by atoms with van der Waals surface area (Å²) in [6.07, 6.45) is -5.33. The van der Waals surface area contributed by atoms with Gasteiger partial charge < -0.3 is 9.64 Å². The number of carbonyl (C=O) groups is 2. The van der Waals surface area contributed by atoms with Gasteiger partial charge in [0.15, 0.2) is 9.84 Å². The Kier molecular flexibility index (Phi) is 6.49. The van der Waals surface area contributed by atoms with Gasteiger partial charge in [-0.05, 0) is 25.5 Å². The second-order valence-electron chi connectivity index (χ2n) is 6.36. The molecule has 1 heterocycles. The van der Waals surface area contributed by atoms with Crippen molar-refractivity contribution in [2.24, 2.45) is 0 Å². The Morgan fingerprint density at radius 1 is 1.29 bits per heavy atom. The normalized spacial score (nSPS) is 20.1. The number of Topliss-reactive ketones (excluding diaryl/α,β-unsaturated/α-hetero) is 1. The lowest BCUT2D eigenvalue weighted by Crippen LogP contribution is -2.41. The molecule has 1 fully saturated rings. The van der Waals surface area contributed by atoms with Crippen LogP contribution in [0.3, 0.4) is 0 Å². The van der Waals surface area contributed by atoms with Crippen molar-refractivity contribution >= 4 is 38.8 Å². The van der Waals surface area contributed by atoms with Gasteiger partial charge in [-0.2, -0.15) is 13.2 Å². The third-order valence-electron chi connectivity index (χ3n) is 4.39. The van der Waals surface area contributed by atoms with Crippen molar-refractivity contribution in [1.82, 2.24) is 4.90 Å². The van der Waals surface area contributed by atoms with Crippen LogP contribution in [0.4, 0.5) is 13.2 Å². The van der Waals surface area contributed by atoms with E-state index in [-0.39, 0.29) is 30.2 Å². The first-order chi connectivity index (χ1) is 12.9. The van der Waals surface area contributed by atoms with Gasteiger partial charge in [0.2, 0.25) is 0 Å². The van der Waals surface area contributed by atoms with Crippen LogP contribution < -0.4 is 0 Å². The van der Waals surface area contributed by atoms with E-state index in [4.69, 9.17) is 12.2 Å². The zero-order valence-corrected chi connectivity index (χ0v) is 16.7. The highest BCUT2D eigenvalue weighted by Crippen LogP contribution is 2.37. The number of sulfone groups is 1. The molecule has 1 aliphatic rings. The largest absolute Gasteiger partial charge is 0.467 e. The molecule has 0 radical (unpaired) electrons. The number of thiocarbonyl (C=S) groups is 1. The number of carbonyl (C=O) groups excluding carboxylic acids is 2. The van der Waals surface area contributed by atoms with Crippen molar-refractivity contribution < 1.29 is 35.9 Å². The summed E-state index contributed by atoms with van der Waals surface area (Å²) in [5.41, 5.74) is -1.27. The lowest BCUT2D eigenvalue weighted by atomic mass is 10.2. The van der Waals surface area contributed by atoms with Gasteiger partial charge in [0.1, 0.15) is 11.8 Å². The maximum absolute atomic E-state index is 13.3. The zero-order valence-electron chi connectivity index (χ0n) is 15.0. The molecule has 0 spiro atoms. The molecular weight excluding hydrogens is 419 g/mol. The van der Waals surface area contributed by atoms with E-state index < -0.39 is 43.7 Å². The van der Waals surface area contributed by atoms with Crippen molar-refractivity contribution in [3.8, 4) is 0 Å². The molecule has 154 valence electrons. The smallest absolute Gasteiger partial charge is 0.417 e. The molecule has 1 aromatic carbocycles. The Morgan fingerprint density at radius 3 is 2.43 bits per heavy atom. The van der Waals surface area contributed by atoms with Crippen molar-refractivity contribution in [3.05, 3.63) is 29.8 Å². The summed E-state index contributed by atoms with van der Waals surface area (Å²) in [6, 6.07) is 2.80. The minimum absolute atomic E-state index is 0.0460. The fourth-order valence-electron chi connectivity index (χ4n) is 3.10. The van der Waals surface area contributed by atoms with Gasteiger partial charge in [0, 0.05) is 6.54 Å². The number of alkyl halides is 3. The molecule has 0 amide bonds. The van der Waals surface area contributed by atoms with Crippen LogP contribution in [0.25, 0.3) is 0 Å². The minimum atomic E-state index is -4.85. The quantitative estimate of drug-likeness (QED) is 0.517. The van der Waals surface area contributed by atoms with Gasteiger partial charge in [-0.15, -0.1) is 0 Å². The van der Waals surface area contributed by atoms with Gasteiger partial charge in [-0.25, -0.2) is 13.2 Å². The SMILES string of the molecule is COC(=O)[C@H]1C[C@@H](S(=O)(=O)c2ccccc2C(F)(F)F)CN1C(=S)CC(C)=O. The Hall–Kier alpha value is -2.01. The summed E-state index contributed by atoms with van der Waals surface area (Å²) in [5.74, 6) is -1.06. The summed E-state index contributed by atoms with van der Waals surface area (Å²) in [7, 11) is -3.33. The molecule has 1 saturated heterocycles. The average molecular weight is 437 g/mol. The Bertz CT molecular complexity index is 898. The minimum Gasteiger partial charge on any atom is -0.467 e. The first-order valence-electron chi connectivity index (χ1n) is 8.16. The number of benzene rings is 1. The van der Waals surface area contributed by atoms with Gasteiger partial charge >= 0.3 is 12.1 Å². The molecule has 0 aliphatic carbocycles. The fourth-order valence-corrected chi connectivity index (χ4v) is 5.42. The molecule has 0 bridgehead atoms. The Balaban J connectivity index is 2.44. The molecule has 28 heavy (non-hydrogen) atoms. The average Bonchev–Trinajstić information content (AvgIpc) is 3.06. The molecule has 0 aromatic heterocycles. The third-order valence-corrected chi connectivity index (χ3v) is 6.96. The second-order valence-corrected chi connectivity index (χ2v) is 9.03. The highest BCUT2D eigenvalue weighted by Gasteiger charge is 2.47. The molecule has 0 saturated carbocycles. The van der Waals surface area contributed by atoms with Crippen molar-refractivity contribution in [2.75, 3.05) is 13.7 Å². The maximum atomic E-state index is 13.3. The van der Waals surface area contributed by atoms with Crippen LogP contribution in [0, 0.1) is 0 Å². The van der Waals surface area contributed by atoms with Crippen LogP contribution in [0.15, 0.2) is 29.2 Å².